The van der Waals surface area contributed by atoms with Gasteiger partial charge in [0.1, 0.15) is 11.6 Å². The van der Waals surface area contributed by atoms with Crippen LogP contribution in [0.5, 0.6) is 0 Å². The molecule has 0 fully saturated rings. The molecule has 0 saturated heterocycles. The quantitative estimate of drug-likeness (QED) is 0.528. The molecule has 0 spiro atoms. The van der Waals surface area contributed by atoms with Gasteiger partial charge in [-0.15, -0.1) is 0 Å². The van der Waals surface area contributed by atoms with E-state index in [1.165, 1.54) is 18.3 Å². The van der Waals surface area contributed by atoms with Crippen LogP contribution in [0.1, 0.15) is 50.6 Å². The van der Waals surface area contributed by atoms with Crippen LogP contribution in [0.2, 0.25) is 0 Å². The molecule has 1 aliphatic rings. The topological polar surface area (TPSA) is 96.6 Å². The van der Waals surface area contributed by atoms with Gasteiger partial charge in [-0.2, -0.15) is 5.10 Å². The van der Waals surface area contributed by atoms with Gasteiger partial charge in [-0.05, 0) is 53.9 Å². The van der Waals surface area contributed by atoms with E-state index in [0.717, 1.165) is 6.42 Å². The standard InChI is InChI=1S/C22H18BrFN4O3/c1-12-19-17(27-28-21(29)13-9-14(23)11-25-10-13)7-4-8-18(19)31-20(12)22(30)26-16-6-3-2-5-15(16)24/h2-3,5-6,9-11H,4,7-8H2,1H3,(H,26,30)(H,28,29)/b27-17+. The third kappa shape index (κ3) is 4.41. The average molecular weight is 485 g/mol. The lowest BCUT2D eigenvalue weighted by Crippen LogP contribution is -2.22. The molecule has 0 bridgehead atoms. The molecule has 2 heterocycles. The Morgan fingerprint density at radius 3 is 2.77 bits per heavy atom. The van der Waals surface area contributed by atoms with Gasteiger partial charge in [-0.3, -0.25) is 14.6 Å². The summed E-state index contributed by atoms with van der Waals surface area (Å²) >= 11 is 3.28. The molecular formula is C22H18BrFN4O3. The molecule has 1 aromatic carbocycles. The van der Waals surface area contributed by atoms with E-state index in [-0.39, 0.29) is 11.4 Å². The van der Waals surface area contributed by atoms with Crippen molar-refractivity contribution in [1.82, 2.24) is 10.4 Å². The number of hydrazone groups is 1. The number of nitrogens with zero attached hydrogens (tertiary/aromatic N) is 2. The number of amides is 2. The summed E-state index contributed by atoms with van der Waals surface area (Å²) in [5.41, 5.74) is 4.92. The average Bonchev–Trinajstić information content (AvgIpc) is 3.11. The number of carbonyl (C=O) groups is 2. The number of hydrogen-bond acceptors (Lipinski definition) is 5. The molecule has 1 aliphatic carbocycles. The molecule has 2 N–H and O–H groups in total. The van der Waals surface area contributed by atoms with Gasteiger partial charge in [-0.1, -0.05) is 12.1 Å². The molecule has 0 radical (unpaired) electrons. The molecule has 158 valence electrons. The highest BCUT2D eigenvalue weighted by Crippen LogP contribution is 2.30. The van der Waals surface area contributed by atoms with Crippen molar-refractivity contribution >= 4 is 39.1 Å². The molecule has 0 atom stereocenters. The van der Waals surface area contributed by atoms with Crippen LogP contribution in [0.25, 0.3) is 0 Å². The van der Waals surface area contributed by atoms with Gasteiger partial charge in [0.2, 0.25) is 0 Å². The van der Waals surface area contributed by atoms with Crippen molar-refractivity contribution < 1.29 is 18.4 Å². The lowest BCUT2D eigenvalue weighted by atomic mass is 9.93. The number of halogens is 2. The number of pyridine rings is 1. The maximum atomic E-state index is 13.9. The van der Waals surface area contributed by atoms with Gasteiger partial charge in [0.05, 0.1) is 17.0 Å². The molecular weight excluding hydrogens is 467 g/mol. The van der Waals surface area contributed by atoms with Gasteiger partial charge in [0.25, 0.3) is 11.8 Å². The molecule has 4 rings (SSSR count). The maximum Gasteiger partial charge on any atom is 0.291 e. The molecule has 31 heavy (non-hydrogen) atoms. The van der Waals surface area contributed by atoms with Crippen LogP contribution >= 0.6 is 15.9 Å². The van der Waals surface area contributed by atoms with Crippen LogP contribution in [-0.2, 0) is 6.42 Å². The Kier molecular flexibility index (Phi) is 5.94. The number of aromatic nitrogens is 1. The third-order valence-corrected chi connectivity index (χ3v) is 5.35. The number of nitrogens with one attached hydrogen (secondary N) is 2. The first-order valence-corrected chi connectivity index (χ1v) is 10.4. The second kappa shape index (κ2) is 8.81. The van der Waals surface area contributed by atoms with Crippen molar-refractivity contribution in [2.24, 2.45) is 5.10 Å². The van der Waals surface area contributed by atoms with Crippen molar-refractivity contribution in [3.63, 3.8) is 0 Å². The van der Waals surface area contributed by atoms with Crippen LogP contribution in [0.15, 0.2) is 56.7 Å². The van der Waals surface area contributed by atoms with Gasteiger partial charge in [-0.25, -0.2) is 9.82 Å². The normalized spacial score (nSPS) is 14.2. The zero-order valence-corrected chi connectivity index (χ0v) is 18.1. The largest absolute Gasteiger partial charge is 0.455 e. The zero-order chi connectivity index (χ0) is 22.0. The molecule has 2 aromatic heterocycles. The van der Waals surface area contributed by atoms with Crippen LogP contribution in [0.3, 0.4) is 0 Å². The highest BCUT2D eigenvalue weighted by molar-refractivity contribution is 9.10. The summed E-state index contributed by atoms with van der Waals surface area (Å²) in [5, 5.41) is 6.82. The highest BCUT2D eigenvalue weighted by Gasteiger charge is 2.28. The SMILES string of the molecule is Cc1c(C(=O)Nc2ccccc2F)oc2c1/C(=N/NC(=O)c1cncc(Br)c1)CCC2. The summed E-state index contributed by atoms with van der Waals surface area (Å²) in [6.45, 7) is 1.75. The summed E-state index contributed by atoms with van der Waals surface area (Å²) in [6, 6.07) is 7.56. The van der Waals surface area contributed by atoms with E-state index in [1.54, 1.807) is 31.3 Å². The molecule has 0 aliphatic heterocycles. The van der Waals surface area contributed by atoms with Crippen molar-refractivity contribution in [2.75, 3.05) is 5.32 Å². The Morgan fingerprint density at radius 1 is 1.19 bits per heavy atom. The minimum atomic E-state index is -0.541. The summed E-state index contributed by atoms with van der Waals surface area (Å²) in [5.74, 6) is -0.741. The number of hydrogen-bond donors (Lipinski definition) is 2. The third-order valence-electron chi connectivity index (χ3n) is 4.91. The van der Waals surface area contributed by atoms with Gasteiger partial charge in [0, 0.05) is 34.4 Å². The first-order valence-electron chi connectivity index (χ1n) is 9.60. The molecule has 9 heteroatoms. The fourth-order valence-electron chi connectivity index (χ4n) is 3.46. The molecule has 0 unspecified atom stereocenters. The van der Waals surface area contributed by atoms with Crippen molar-refractivity contribution in [2.45, 2.75) is 26.2 Å². The molecule has 0 saturated carbocycles. The fourth-order valence-corrected chi connectivity index (χ4v) is 3.82. The van der Waals surface area contributed by atoms with Crippen LogP contribution in [0, 0.1) is 12.7 Å². The van der Waals surface area contributed by atoms with E-state index in [2.05, 4.69) is 36.8 Å². The number of fused-ring (bicyclic) bond motifs is 1. The predicted octanol–water partition coefficient (Wildman–Crippen LogP) is 4.61. The summed E-state index contributed by atoms with van der Waals surface area (Å²) in [6.07, 6.45) is 5.06. The van der Waals surface area contributed by atoms with Crippen molar-refractivity contribution in [1.29, 1.82) is 0 Å². The molecule has 7 nitrogen and oxygen atoms in total. The summed E-state index contributed by atoms with van der Waals surface area (Å²) in [7, 11) is 0. The van der Waals surface area contributed by atoms with Gasteiger partial charge in [0.15, 0.2) is 5.76 Å². The molecule has 2 amide bonds. The van der Waals surface area contributed by atoms with Crippen LogP contribution in [-0.4, -0.2) is 22.5 Å². The second-order valence-corrected chi connectivity index (χ2v) is 7.95. The Bertz CT molecular complexity index is 1210. The lowest BCUT2D eigenvalue weighted by Gasteiger charge is -2.13. The minimum absolute atomic E-state index is 0.0741. The first-order chi connectivity index (χ1) is 14.9. The number of carbonyl (C=O) groups excluding carboxylic acids is 2. The van der Waals surface area contributed by atoms with E-state index >= 15 is 0 Å². The van der Waals surface area contributed by atoms with Gasteiger partial charge >= 0.3 is 0 Å². The van der Waals surface area contributed by atoms with Crippen molar-refractivity contribution in [3.05, 3.63) is 81.2 Å². The van der Waals surface area contributed by atoms with Crippen molar-refractivity contribution in [3.8, 4) is 0 Å². The van der Waals surface area contributed by atoms with Gasteiger partial charge < -0.3 is 9.73 Å². The Morgan fingerprint density at radius 2 is 2.00 bits per heavy atom. The number of anilines is 1. The number of aryl methyl sites for hydroxylation is 1. The lowest BCUT2D eigenvalue weighted by molar-refractivity contribution is 0.0953. The summed E-state index contributed by atoms with van der Waals surface area (Å²) < 4.78 is 20.4. The van der Waals surface area contributed by atoms with Crippen LogP contribution < -0.4 is 10.7 Å². The van der Waals surface area contributed by atoms with E-state index in [4.69, 9.17) is 4.42 Å². The number of furan rings is 1. The van der Waals surface area contributed by atoms with E-state index < -0.39 is 17.6 Å². The zero-order valence-electron chi connectivity index (χ0n) is 16.5. The van der Waals surface area contributed by atoms with E-state index in [1.807, 2.05) is 0 Å². The second-order valence-electron chi connectivity index (χ2n) is 7.03. The number of rotatable bonds is 4. The van der Waals surface area contributed by atoms with E-state index in [9.17, 15) is 14.0 Å². The first kappa shape index (κ1) is 20.9. The highest BCUT2D eigenvalue weighted by atomic mass is 79.9. The number of para-hydroxylation sites is 1. The summed E-state index contributed by atoms with van der Waals surface area (Å²) in [4.78, 5) is 29.1. The van der Waals surface area contributed by atoms with Crippen LogP contribution in [0.4, 0.5) is 10.1 Å². The Hall–Kier alpha value is -3.33. The Balaban J connectivity index is 1.58. The molecule has 3 aromatic rings. The maximum absolute atomic E-state index is 13.9. The predicted molar refractivity (Wildman–Crippen MR) is 117 cm³/mol. The monoisotopic (exact) mass is 484 g/mol. The number of benzene rings is 1. The Labute approximate surface area is 185 Å². The fraction of sp³-hybridized carbons (Fsp3) is 0.182. The minimum Gasteiger partial charge on any atom is -0.455 e. The van der Waals surface area contributed by atoms with E-state index in [0.29, 0.717) is 45.5 Å². The smallest absolute Gasteiger partial charge is 0.291 e.